The number of para-hydroxylation sites is 1. The van der Waals surface area contributed by atoms with Crippen molar-refractivity contribution in [2.24, 2.45) is 5.92 Å². The molecule has 1 aromatic carbocycles. The fourth-order valence-corrected chi connectivity index (χ4v) is 2.86. The summed E-state index contributed by atoms with van der Waals surface area (Å²) in [5.41, 5.74) is 0.697. The van der Waals surface area contributed by atoms with Crippen LogP contribution < -0.4 is 0 Å². The van der Waals surface area contributed by atoms with Crippen molar-refractivity contribution in [3.8, 4) is 5.69 Å². The van der Waals surface area contributed by atoms with E-state index >= 15 is 0 Å². The number of hydrogen-bond acceptors (Lipinski definition) is 4. The van der Waals surface area contributed by atoms with E-state index < -0.39 is 0 Å². The van der Waals surface area contributed by atoms with E-state index in [0.29, 0.717) is 29.6 Å². The van der Waals surface area contributed by atoms with Crippen LogP contribution in [0.25, 0.3) is 5.69 Å². The highest BCUT2D eigenvalue weighted by Gasteiger charge is 2.29. The lowest BCUT2D eigenvalue weighted by molar-refractivity contribution is 0.0770. The summed E-state index contributed by atoms with van der Waals surface area (Å²) < 4.78 is 1.58. The summed E-state index contributed by atoms with van der Waals surface area (Å²) in [5, 5.41) is 14.0. The molecule has 6 nitrogen and oxygen atoms in total. The Morgan fingerprint density at radius 2 is 2.23 bits per heavy atom. The van der Waals surface area contributed by atoms with Crippen molar-refractivity contribution in [2.45, 2.75) is 13.3 Å². The highest BCUT2D eigenvalue weighted by molar-refractivity contribution is 6.32. The van der Waals surface area contributed by atoms with Crippen LogP contribution in [0.1, 0.15) is 22.9 Å². The molecule has 0 bridgehead atoms. The van der Waals surface area contributed by atoms with Crippen LogP contribution in [0.4, 0.5) is 0 Å². The number of carbonyl (C=O) groups is 1. The third-order valence-corrected chi connectivity index (χ3v) is 4.19. The number of benzene rings is 1. The van der Waals surface area contributed by atoms with Crippen LogP contribution in [0, 0.1) is 12.8 Å². The van der Waals surface area contributed by atoms with Crippen molar-refractivity contribution in [3.05, 3.63) is 40.9 Å². The molecule has 1 saturated heterocycles. The zero-order valence-corrected chi connectivity index (χ0v) is 13.0. The lowest BCUT2D eigenvalue weighted by atomic mass is 10.1. The van der Waals surface area contributed by atoms with Crippen molar-refractivity contribution in [1.29, 1.82) is 0 Å². The fraction of sp³-hybridized carbons (Fsp3) is 0.400. The van der Waals surface area contributed by atoms with Gasteiger partial charge in [0.2, 0.25) is 5.82 Å². The number of aromatic nitrogens is 3. The first-order valence-corrected chi connectivity index (χ1v) is 7.56. The van der Waals surface area contributed by atoms with Crippen LogP contribution in [0.2, 0.25) is 5.02 Å². The monoisotopic (exact) mass is 320 g/mol. The smallest absolute Gasteiger partial charge is 0.293 e. The summed E-state index contributed by atoms with van der Waals surface area (Å²) >= 11 is 6.17. The number of halogens is 1. The Labute approximate surface area is 133 Å². The molecule has 7 heteroatoms. The summed E-state index contributed by atoms with van der Waals surface area (Å²) in [6.07, 6.45) is 0.812. The van der Waals surface area contributed by atoms with E-state index in [0.717, 1.165) is 6.42 Å². The molecule has 1 unspecified atom stereocenters. The van der Waals surface area contributed by atoms with Crippen molar-refractivity contribution in [3.63, 3.8) is 0 Å². The number of rotatable bonds is 3. The topological polar surface area (TPSA) is 71.2 Å². The van der Waals surface area contributed by atoms with Gasteiger partial charge in [0.15, 0.2) is 0 Å². The molecular weight excluding hydrogens is 304 g/mol. The average Bonchev–Trinajstić information content (AvgIpc) is 3.14. The lowest BCUT2D eigenvalue weighted by Gasteiger charge is -2.13. The van der Waals surface area contributed by atoms with Gasteiger partial charge in [0.25, 0.3) is 5.91 Å². The Morgan fingerprint density at radius 1 is 1.45 bits per heavy atom. The number of amides is 1. The van der Waals surface area contributed by atoms with Crippen LogP contribution in [-0.4, -0.2) is 50.4 Å². The largest absolute Gasteiger partial charge is 0.396 e. The van der Waals surface area contributed by atoms with Gasteiger partial charge in [-0.05, 0) is 25.5 Å². The minimum absolute atomic E-state index is 0.101. The molecule has 3 rings (SSSR count). The predicted molar refractivity (Wildman–Crippen MR) is 82.2 cm³/mol. The first-order chi connectivity index (χ1) is 10.6. The Bertz CT molecular complexity index is 701. The van der Waals surface area contributed by atoms with E-state index in [2.05, 4.69) is 10.1 Å². The van der Waals surface area contributed by atoms with E-state index in [4.69, 9.17) is 11.6 Å². The van der Waals surface area contributed by atoms with E-state index in [1.54, 1.807) is 22.6 Å². The van der Waals surface area contributed by atoms with Crippen LogP contribution in [0.3, 0.4) is 0 Å². The number of carbonyl (C=O) groups excluding carboxylic acids is 1. The number of likely N-dealkylation sites (tertiary alicyclic amines) is 1. The van der Waals surface area contributed by atoms with Crippen LogP contribution in [0.5, 0.6) is 0 Å². The Hall–Kier alpha value is -1.92. The van der Waals surface area contributed by atoms with Gasteiger partial charge in [-0.1, -0.05) is 23.7 Å². The summed E-state index contributed by atoms with van der Waals surface area (Å²) in [4.78, 5) is 18.4. The fourth-order valence-electron chi connectivity index (χ4n) is 2.64. The van der Waals surface area contributed by atoms with Gasteiger partial charge in [-0.2, -0.15) is 0 Å². The minimum Gasteiger partial charge on any atom is -0.396 e. The first kappa shape index (κ1) is 15.0. The van der Waals surface area contributed by atoms with Crippen LogP contribution in [-0.2, 0) is 0 Å². The molecule has 1 aromatic heterocycles. The van der Waals surface area contributed by atoms with Gasteiger partial charge < -0.3 is 10.0 Å². The van der Waals surface area contributed by atoms with Gasteiger partial charge in [0.05, 0.1) is 10.7 Å². The molecule has 1 fully saturated rings. The van der Waals surface area contributed by atoms with Gasteiger partial charge in [0.1, 0.15) is 5.82 Å². The minimum atomic E-state index is -0.204. The second-order valence-corrected chi connectivity index (χ2v) is 5.84. The standard InChI is InChI=1S/C15H17ClN4O2/c1-10-17-14(15(22)19-7-6-11(8-19)9-21)18-20(10)13-5-3-2-4-12(13)16/h2-5,11,21H,6-9H2,1H3. The zero-order valence-electron chi connectivity index (χ0n) is 12.2. The van der Waals surface area contributed by atoms with Crippen molar-refractivity contribution in [2.75, 3.05) is 19.7 Å². The second-order valence-electron chi connectivity index (χ2n) is 5.43. The maximum Gasteiger partial charge on any atom is 0.293 e. The molecule has 0 radical (unpaired) electrons. The van der Waals surface area contributed by atoms with Crippen LogP contribution >= 0.6 is 11.6 Å². The van der Waals surface area contributed by atoms with E-state index in [1.165, 1.54) is 0 Å². The predicted octanol–water partition coefficient (Wildman–Crippen LogP) is 1.68. The molecule has 1 N–H and O–H groups in total. The molecule has 1 amide bonds. The highest BCUT2D eigenvalue weighted by atomic mass is 35.5. The number of aryl methyl sites for hydroxylation is 1. The molecule has 22 heavy (non-hydrogen) atoms. The molecule has 0 aliphatic carbocycles. The van der Waals surface area contributed by atoms with E-state index in [9.17, 15) is 9.90 Å². The quantitative estimate of drug-likeness (QED) is 0.934. The molecule has 0 saturated carbocycles. The summed E-state index contributed by atoms with van der Waals surface area (Å²) in [6, 6.07) is 7.29. The molecule has 1 atom stereocenters. The van der Waals surface area contributed by atoms with Crippen molar-refractivity contribution >= 4 is 17.5 Å². The summed E-state index contributed by atoms with van der Waals surface area (Å²) in [6.45, 7) is 3.07. The average molecular weight is 321 g/mol. The van der Waals surface area contributed by atoms with Gasteiger partial charge in [-0.15, -0.1) is 5.10 Å². The zero-order chi connectivity index (χ0) is 15.7. The highest BCUT2D eigenvalue weighted by Crippen LogP contribution is 2.21. The first-order valence-electron chi connectivity index (χ1n) is 7.19. The molecule has 116 valence electrons. The SMILES string of the molecule is Cc1nc(C(=O)N2CCC(CO)C2)nn1-c1ccccc1Cl. The molecule has 1 aliphatic heterocycles. The normalized spacial score (nSPS) is 18.0. The van der Waals surface area contributed by atoms with E-state index in [1.807, 2.05) is 18.2 Å². The number of nitrogens with zero attached hydrogens (tertiary/aromatic N) is 4. The van der Waals surface area contributed by atoms with Crippen LogP contribution in [0.15, 0.2) is 24.3 Å². The van der Waals surface area contributed by atoms with Crippen molar-refractivity contribution < 1.29 is 9.90 Å². The lowest BCUT2D eigenvalue weighted by Crippen LogP contribution is -2.30. The number of aliphatic hydroxyl groups is 1. The number of hydrogen-bond donors (Lipinski definition) is 1. The van der Waals surface area contributed by atoms with Gasteiger partial charge in [-0.25, -0.2) is 9.67 Å². The Kier molecular flexibility index (Phi) is 4.13. The second kappa shape index (κ2) is 6.06. The molecule has 0 spiro atoms. The van der Waals surface area contributed by atoms with Gasteiger partial charge >= 0.3 is 0 Å². The molecule has 2 heterocycles. The summed E-state index contributed by atoms with van der Waals surface area (Å²) in [7, 11) is 0. The molecule has 2 aromatic rings. The molecule has 1 aliphatic rings. The van der Waals surface area contributed by atoms with Crippen molar-refractivity contribution in [1.82, 2.24) is 19.7 Å². The maximum atomic E-state index is 12.5. The molecular formula is C15H17ClN4O2. The van der Waals surface area contributed by atoms with E-state index in [-0.39, 0.29) is 24.3 Å². The number of aliphatic hydroxyl groups excluding tert-OH is 1. The third-order valence-electron chi connectivity index (χ3n) is 3.87. The van der Waals surface area contributed by atoms with Gasteiger partial charge in [0, 0.05) is 25.6 Å². The Morgan fingerprint density at radius 3 is 2.91 bits per heavy atom. The van der Waals surface area contributed by atoms with Gasteiger partial charge in [-0.3, -0.25) is 4.79 Å². The third kappa shape index (κ3) is 2.71. The Balaban J connectivity index is 1.87. The summed E-state index contributed by atoms with van der Waals surface area (Å²) in [5.74, 6) is 0.714. The maximum absolute atomic E-state index is 12.5.